The summed E-state index contributed by atoms with van der Waals surface area (Å²) in [5.41, 5.74) is 10.7. The minimum absolute atomic E-state index is 0.172. The number of rotatable bonds is 5. The van der Waals surface area contributed by atoms with Crippen molar-refractivity contribution in [2.24, 2.45) is 5.10 Å². The summed E-state index contributed by atoms with van der Waals surface area (Å²) in [4.78, 5) is 26.5. The third-order valence-corrected chi connectivity index (χ3v) is 5.03. The van der Waals surface area contributed by atoms with Crippen molar-refractivity contribution >= 4 is 40.1 Å². The van der Waals surface area contributed by atoms with Gasteiger partial charge in [0.1, 0.15) is 16.9 Å². The predicted molar refractivity (Wildman–Crippen MR) is 124 cm³/mol. The van der Waals surface area contributed by atoms with Crippen molar-refractivity contribution in [3.05, 3.63) is 95.8 Å². The smallest absolute Gasteiger partial charge is 0.257 e. The van der Waals surface area contributed by atoms with Gasteiger partial charge in [0.2, 0.25) is 0 Å². The van der Waals surface area contributed by atoms with Crippen molar-refractivity contribution in [2.75, 3.05) is 5.73 Å². The standard InChI is InChI=1S/C24H19N7O/c25-22-20(24(32)27-14-16-6-2-1-3-7-16)21-23(30-19-9-5-4-8-18(19)29-21)31(22)28-15-17-10-12-26-13-11-17/h1-13,15H,14,25H2,(H,27,32)/b28-15+. The van der Waals surface area contributed by atoms with Crippen LogP contribution in [0.25, 0.3) is 22.2 Å². The second-order valence-corrected chi connectivity index (χ2v) is 7.15. The number of hydrogen-bond donors (Lipinski definition) is 2. The quantitative estimate of drug-likeness (QED) is 0.423. The van der Waals surface area contributed by atoms with E-state index < -0.39 is 0 Å². The number of amides is 1. The minimum Gasteiger partial charge on any atom is -0.383 e. The summed E-state index contributed by atoms with van der Waals surface area (Å²) in [6.45, 7) is 0.368. The van der Waals surface area contributed by atoms with Gasteiger partial charge in [-0.3, -0.25) is 9.78 Å². The second kappa shape index (κ2) is 8.27. The molecule has 5 aromatic rings. The molecule has 0 spiro atoms. The zero-order valence-electron chi connectivity index (χ0n) is 17.0. The van der Waals surface area contributed by atoms with Gasteiger partial charge in [0.25, 0.3) is 5.91 Å². The van der Waals surface area contributed by atoms with Gasteiger partial charge in [-0.1, -0.05) is 42.5 Å². The van der Waals surface area contributed by atoms with Crippen molar-refractivity contribution in [3.63, 3.8) is 0 Å². The number of nitrogen functional groups attached to an aromatic ring is 1. The normalized spacial score (nSPS) is 11.4. The van der Waals surface area contributed by atoms with E-state index in [0.29, 0.717) is 28.7 Å². The zero-order valence-corrected chi connectivity index (χ0v) is 17.0. The molecule has 0 aliphatic carbocycles. The van der Waals surface area contributed by atoms with Crippen LogP contribution < -0.4 is 11.1 Å². The number of carbonyl (C=O) groups is 1. The molecule has 32 heavy (non-hydrogen) atoms. The first-order valence-corrected chi connectivity index (χ1v) is 10.0. The fourth-order valence-corrected chi connectivity index (χ4v) is 3.43. The molecular weight excluding hydrogens is 402 g/mol. The lowest BCUT2D eigenvalue weighted by Crippen LogP contribution is -2.23. The van der Waals surface area contributed by atoms with Crippen LogP contribution in [0.1, 0.15) is 21.5 Å². The highest BCUT2D eigenvalue weighted by molar-refractivity contribution is 6.10. The maximum atomic E-state index is 13.1. The molecular formula is C24H19N7O. The molecule has 3 N–H and O–H groups in total. The largest absolute Gasteiger partial charge is 0.383 e. The first-order chi connectivity index (χ1) is 15.7. The van der Waals surface area contributed by atoms with E-state index in [0.717, 1.165) is 11.1 Å². The van der Waals surface area contributed by atoms with Crippen LogP contribution in [-0.4, -0.2) is 31.7 Å². The van der Waals surface area contributed by atoms with Gasteiger partial charge in [-0.05, 0) is 35.4 Å². The SMILES string of the molecule is Nc1c(C(=O)NCc2ccccc2)c2nc3ccccc3nc2n1/N=C/c1ccncc1. The summed E-state index contributed by atoms with van der Waals surface area (Å²) in [7, 11) is 0. The fourth-order valence-electron chi connectivity index (χ4n) is 3.43. The molecule has 5 rings (SSSR count). The molecule has 0 atom stereocenters. The summed E-state index contributed by atoms with van der Waals surface area (Å²) < 4.78 is 1.45. The van der Waals surface area contributed by atoms with Crippen LogP contribution in [0.15, 0.2) is 84.2 Å². The van der Waals surface area contributed by atoms with E-state index in [1.54, 1.807) is 18.6 Å². The van der Waals surface area contributed by atoms with E-state index in [-0.39, 0.29) is 17.3 Å². The molecule has 0 radical (unpaired) electrons. The van der Waals surface area contributed by atoms with Crippen LogP contribution in [0.5, 0.6) is 0 Å². The molecule has 0 saturated heterocycles. The Morgan fingerprint density at radius 3 is 2.41 bits per heavy atom. The lowest BCUT2D eigenvalue weighted by atomic mass is 10.2. The Labute approximate surface area is 183 Å². The van der Waals surface area contributed by atoms with Crippen molar-refractivity contribution in [1.82, 2.24) is 24.9 Å². The Hall–Kier alpha value is -4.59. The Morgan fingerprint density at radius 2 is 1.66 bits per heavy atom. The fraction of sp³-hybridized carbons (Fsp3) is 0.0417. The molecule has 2 aromatic carbocycles. The molecule has 8 heteroatoms. The zero-order chi connectivity index (χ0) is 21.9. The first-order valence-electron chi connectivity index (χ1n) is 10.0. The van der Waals surface area contributed by atoms with Gasteiger partial charge in [-0.15, -0.1) is 0 Å². The summed E-state index contributed by atoms with van der Waals surface area (Å²) in [5, 5.41) is 7.41. The average molecular weight is 421 g/mol. The van der Waals surface area contributed by atoms with Crippen LogP contribution >= 0.6 is 0 Å². The molecule has 0 aliphatic heterocycles. The molecule has 3 heterocycles. The highest BCUT2D eigenvalue weighted by Crippen LogP contribution is 2.27. The molecule has 3 aromatic heterocycles. The highest BCUT2D eigenvalue weighted by Gasteiger charge is 2.24. The number of benzene rings is 2. The van der Waals surface area contributed by atoms with E-state index in [4.69, 9.17) is 5.73 Å². The molecule has 1 amide bonds. The number of para-hydroxylation sites is 2. The Morgan fingerprint density at radius 1 is 0.969 bits per heavy atom. The third kappa shape index (κ3) is 3.65. The average Bonchev–Trinajstić information content (AvgIpc) is 3.11. The summed E-state index contributed by atoms with van der Waals surface area (Å²) >= 11 is 0. The number of hydrogen-bond acceptors (Lipinski definition) is 6. The monoisotopic (exact) mass is 421 g/mol. The number of carbonyl (C=O) groups excluding carboxylic acids is 1. The Bertz CT molecular complexity index is 1440. The number of aromatic nitrogens is 4. The van der Waals surface area contributed by atoms with Crippen molar-refractivity contribution in [3.8, 4) is 0 Å². The van der Waals surface area contributed by atoms with Crippen molar-refractivity contribution in [2.45, 2.75) is 6.54 Å². The van der Waals surface area contributed by atoms with Crippen molar-refractivity contribution < 1.29 is 4.79 Å². The number of anilines is 1. The van der Waals surface area contributed by atoms with Gasteiger partial charge in [0.05, 0.1) is 17.2 Å². The topological polar surface area (TPSA) is 111 Å². The van der Waals surface area contributed by atoms with Crippen LogP contribution in [-0.2, 0) is 6.54 Å². The lowest BCUT2D eigenvalue weighted by molar-refractivity contribution is 0.0953. The summed E-state index contributed by atoms with van der Waals surface area (Å²) in [6.07, 6.45) is 4.99. The van der Waals surface area contributed by atoms with E-state index in [1.807, 2.05) is 66.7 Å². The molecule has 0 saturated carbocycles. The van der Waals surface area contributed by atoms with Gasteiger partial charge in [0, 0.05) is 18.9 Å². The molecule has 0 bridgehead atoms. The van der Waals surface area contributed by atoms with E-state index in [2.05, 4.69) is 25.4 Å². The van der Waals surface area contributed by atoms with Gasteiger partial charge >= 0.3 is 0 Å². The molecule has 8 nitrogen and oxygen atoms in total. The van der Waals surface area contributed by atoms with Gasteiger partial charge in [0.15, 0.2) is 5.65 Å². The number of fused-ring (bicyclic) bond motifs is 2. The predicted octanol–water partition coefficient (Wildman–Crippen LogP) is 3.37. The summed E-state index contributed by atoms with van der Waals surface area (Å²) in [6, 6.07) is 20.8. The number of nitrogens with one attached hydrogen (secondary N) is 1. The minimum atomic E-state index is -0.334. The second-order valence-electron chi connectivity index (χ2n) is 7.15. The van der Waals surface area contributed by atoms with Crippen LogP contribution in [0, 0.1) is 0 Å². The van der Waals surface area contributed by atoms with Crippen molar-refractivity contribution in [1.29, 1.82) is 0 Å². The van der Waals surface area contributed by atoms with Crippen LogP contribution in [0.3, 0.4) is 0 Å². The maximum Gasteiger partial charge on any atom is 0.257 e. The van der Waals surface area contributed by atoms with Crippen LogP contribution in [0.2, 0.25) is 0 Å². The number of nitrogens with zero attached hydrogens (tertiary/aromatic N) is 5. The number of nitrogens with two attached hydrogens (primary N) is 1. The first kappa shape index (κ1) is 19.4. The Kier molecular flexibility index (Phi) is 5.01. The summed E-state index contributed by atoms with van der Waals surface area (Å²) in [5.74, 6) is -0.162. The highest BCUT2D eigenvalue weighted by atomic mass is 16.1. The molecule has 0 aliphatic rings. The van der Waals surface area contributed by atoms with Gasteiger partial charge < -0.3 is 11.1 Å². The maximum absolute atomic E-state index is 13.1. The Balaban J connectivity index is 1.61. The number of pyridine rings is 1. The lowest BCUT2D eigenvalue weighted by Gasteiger charge is -2.05. The molecule has 0 fully saturated rings. The molecule has 0 unspecified atom stereocenters. The van der Waals surface area contributed by atoms with E-state index in [1.165, 1.54) is 4.68 Å². The third-order valence-electron chi connectivity index (χ3n) is 5.03. The van der Waals surface area contributed by atoms with Gasteiger partial charge in [-0.2, -0.15) is 9.78 Å². The van der Waals surface area contributed by atoms with Crippen LogP contribution in [0.4, 0.5) is 5.82 Å². The van der Waals surface area contributed by atoms with E-state index >= 15 is 0 Å². The van der Waals surface area contributed by atoms with E-state index in [9.17, 15) is 4.79 Å². The molecule has 156 valence electrons. The van der Waals surface area contributed by atoms with Gasteiger partial charge in [-0.25, -0.2) is 9.97 Å².